The van der Waals surface area contributed by atoms with E-state index in [4.69, 9.17) is 11.6 Å². The zero-order valence-corrected chi connectivity index (χ0v) is 11.3. The molecule has 2 rings (SSSR count). The van der Waals surface area contributed by atoms with E-state index in [0.717, 1.165) is 30.0 Å². The van der Waals surface area contributed by atoms with Crippen LogP contribution in [0.4, 0.5) is 5.82 Å². The summed E-state index contributed by atoms with van der Waals surface area (Å²) in [5, 5.41) is 5.64. The lowest BCUT2D eigenvalue weighted by molar-refractivity contribution is 0.952. The molecule has 0 saturated carbocycles. The Labute approximate surface area is 109 Å². The molecule has 0 fully saturated rings. The lowest BCUT2D eigenvalue weighted by atomic mass is 10.3. The topological polar surface area (TPSA) is 50.7 Å². The molecule has 17 heavy (non-hydrogen) atoms. The number of hydrogen-bond acceptors (Lipinski definition) is 5. The maximum Gasteiger partial charge on any atom is 0.171 e. The van der Waals surface area contributed by atoms with E-state index < -0.39 is 0 Å². The number of aromatic nitrogens is 3. The van der Waals surface area contributed by atoms with Gasteiger partial charge in [0.05, 0.1) is 22.6 Å². The van der Waals surface area contributed by atoms with Gasteiger partial charge in [-0.2, -0.15) is 0 Å². The van der Waals surface area contributed by atoms with Gasteiger partial charge in [0.25, 0.3) is 0 Å². The van der Waals surface area contributed by atoms with E-state index in [2.05, 4.69) is 20.3 Å². The predicted molar refractivity (Wildman–Crippen MR) is 70.8 cm³/mol. The molecular formula is C11H13ClN4S. The van der Waals surface area contributed by atoms with Crippen LogP contribution in [0.3, 0.4) is 0 Å². The zero-order chi connectivity index (χ0) is 12.3. The van der Waals surface area contributed by atoms with Crippen molar-refractivity contribution in [1.29, 1.82) is 0 Å². The minimum absolute atomic E-state index is 0.423. The zero-order valence-electron chi connectivity index (χ0n) is 9.70. The number of nitrogens with zero attached hydrogens (tertiary/aromatic N) is 3. The third-order valence-electron chi connectivity index (χ3n) is 2.42. The highest BCUT2D eigenvalue weighted by Crippen LogP contribution is 2.18. The fourth-order valence-corrected chi connectivity index (χ4v) is 2.19. The van der Waals surface area contributed by atoms with E-state index in [1.165, 1.54) is 0 Å². The molecule has 0 unspecified atom stereocenters. The summed E-state index contributed by atoms with van der Waals surface area (Å²) >= 11 is 7.61. The molecule has 0 saturated heterocycles. The Balaban J connectivity index is 1.97. The number of nitrogens with one attached hydrogen (secondary N) is 1. The maximum absolute atomic E-state index is 6.01. The Morgan fingerprint density at radius 2 is 2.06 bits per heavy atom. The largest absolute Gasteiger partial charge is 0.367 e. The first-order valence-corrected chi connectivity index (χ1v) is 6.60. The molecule has 0 radical (unpaired) electrons. The van der Waals surface area contributed by atoms with Crippen molar-refractivity contribution in [3.05, 3.63) is 33.1 Å². The molecule has 0 spiro atoms. The van der Waals surface area contributed by atoms with E-state index in [0.29, 0.717) is 11.0 Å². The van der Waals surface area contributed by atoms with Gasteiger partial charge in [-0.1, -0.05) is 11.6 Å². The molecule has 0 aliphatic carbocycles. The van der Waals surface area contributed by atoms with Crippen molar-refractivity contribution in [2.75, 3.05) is 11.9 Å². The quantitative estimate of drug-likeness (QED) is 0.926. The van der Waals surface area contributed by atoms with E-state index >= 15 is 0 Å². The fraction of sp³-hybridized carbons (Fsp3) is 0.364. The Kier molecular flexibility index (Phi) is 3.91. The molecule has 2 heterocycles. The predicted octanol–water partition coefficient (Wildman–Crippen LogP) is 2.86. The van der Waals surface area contributed by atoms with Gasteiger partial charge in [0.1, 0.15) is 0 Å². The second-order valence-electron chi connectivity index (χ2n) is 3.69. The van der Waals surface area contributed by atoms with Crippen molar-refractivity contribution in [1.82, 2.24) is 15.0 Å². The summed E-state index contributed by atoms with van der Waals surface area (Å²) in [6, 6.07) is 0. The fourth-order valence-electron chi connectivity index (χ4n) is 1.36. The van der Waals surface area contributed by atoms with Crippen molar-refractivity contribution in [3.8, 4) is 0 Å². The van der Waals surface area contributed by atoms with Crippen molar-refractivity contribution in [2.24, 2.45) is 0 Å². The van der Waals surface area contributed by atoms with Crippen molar-refractivity contribution in [2.45, 2.75) is 20.3 Å². The highest BCUT2D eigenvalue weighted by Gasteiger charge is 2.06. The molecule has 1 N–H and O–H groups in total. The van der Waals surface area contributed by atoms with Crippen LogP contribution in [-0.4, -0.2) is 21.5 Å². The summed E-state index contributed by atoms with van der Waals surface area (Å²) in [6.07, 6.45) is 0.856. The van der Waals surface area contributed by atoms with Crippen LogP contribution >= 0.6 is 22.9 Å². The summed E-state index contributed by atoms with van der Waals surface area (Å²) in [4.78, 5) is 12.8. The molecule has 90 valence electrons. The molecule has 0 aromatic carbocycles. The number of rotatable bonds is 4. The maximum atomic E-state index is 6.01. The Morgan fingerprint density at radius 3 is 2.76 bits per heavy atom. The number of thiazole rings is 1. The van der Waals surface area contributed by atoms with Crippen LogP contribution in [-0.2, 0) is 6.42 Å². The van der Waals surface area contributed by atoms with Crippen molar-refractivity contribution in [3.63, 3.8) is 0 Å². The Bertz CT molecular complexity index is 498. The highest BCUT2D eigenvalue weighted by molar-refractivity contribution is 7.07. The molecule has 0 aliphatic rings. The smallest absolute Gasteiger partial charge is 0.171 e. The van der Waals surface area contributed by atoms with Gasteiger partial charge < -0.3 is 5.32 Å². The van der Waals surface area contributed by atoms with E-state index in [1.807, 2.05) is 24.7 Å². The van der Waals surface area contributed by atoms with Gasteiger partial charge in [-0.25, -0.2) is 15.0 Å². The molecule has 2 aromatic heterocycles. The highest BCUT2D eigenvalue weighted by atomic mass is 35.5. The molecule has 6 heteroatoms. The average Bonchev–Trinajstić information content (AvgIpc) is 2.78. The number of halogens is 1. The molecule has 2 aromatic rings. The first-order chi connectivity index (χ1) is 8.16. The lowest BCUT2D eigenvalue weighted by Crippen LogP contribution is -2.09. The van der Waals surface area contributed by atoms with Crippen molar-refractivity contribution >= 4 is 28.8 Å². The second-order valence-corrected chi connectivity index (χ2v) is 4.77. The average molecular weight is 269 g/mol. The van der Waals surface area contributed by atoms with Crippen LogP contribution in [0, 0.1) is 13.8 Å². The van der Waals surface area contributed by atoms with Gasteiger partial charge in [0, 0.05) is 18.3 Å². The monoisotopic (exact) mass is 268 g/mol. The van der Waals surface area contributed by atoms with Crippen LogP contribution in [0.5, 0.6) is 0 Å². The van der Waals surface area contributed by atoms with Crippen LogP contribution < -0.4 is 5.32 Å². The van der Waals surface area contributed by atoms with Gasteiger partial charge in [-0.3, -0.25) is 0 Å². The lowest BCUT2D eigenvalue weighted by Gasteiger charge is -2.08. The van der Waals surface area contributed by atoms with Crippen LogP contribution in [0.1, 0.15) is 17.1 Å². The van der Waals surface area contributed by atoms with E-state index in [1.54, 1.807) is 11.3 Å². The van der Waals surface area contributed by atoms with Gasteiger partial charge in [0.15, 0.2) is 11.0 Å². The number of hydrogen-bond donors (Lipinski definition) is 1. The molecular weight excluding hydrogens is 256 g/mol. The van der Waals surface area contributed by atoms with E-state index in [-0.39, 0.29) is 0 Å². The van der Waals surface area contributed by atoms with Crippen LogP contribution in [0.2, 0.25) is 5.15 Å². The minimum atomic E-state index is 0.423. The third kappa shape index (κ3) is 3.14. The summed E-state index contributed by atoms with van der Waals surface area (Å²) in [5.74, 6) is 0.644. The first kappa shape index (κ1) is 12.3. The van der Waals surface area contributed by atoms with Gasteiger partial charge in [-0.15, -0.1) is 11.3 Å². The third-order valence-corrected chi connectivity index (χ3v) is 3.32. The Hall–Kier alpha value is -1.20. The van der Waals surface area contributed by atoms with Crippen LogP contribution in [0.25, 0.3) is 0 Å². The summed E-state index contributed by atoms with van der Waals surface area (Å²) in [6.45, 7) is 4.57. The van der Waals surface area contributed by atoms with Gasteiger partial charge in [0.2, 0.25) is 0 Å². The standard InChI is InChI=1S/C11H13ClN4S/c1-7-8(2)16-11(10(12)15-7)13-4-3-9-5-17-6-14-9/h5-6H,3-4H2,1-2H3,(H,13,16). The summed E-state index contributed by atoms with van der Waals surface area (Å²) in [5.41, 5.74) is 4.67. The summed E-state index contributed by atoms with van der Waals surface area (Å²) < 4.78 is 0. The molecule has 0 aliphatic heterocycles. The summed E-state index contributed by atoms with van der Waals surface area (Å²) in [7, 11) is 0. The SMILES string of the molecule is Cc1nc(Cl)c(NCCc2cscn2)nc1C. The number of anilines is 1. The molecule has 4 nitrogen and oxygen atoms in total. The molecule has 0 bridgehead atoms. The second kappa shape index (κ2) is 5.42. The van der Waals surface area contributed by atoms with E-state index in [9.17, 15) is 0 Å². The van der Waals surface area contributed by atoms with Gasteiger partial charge in [-0.05, 0) is 13.8 Å². The number of aryl methyl sites for hydroxylation is 2. The van der Waals surface area contributed by atoms with Crippen molar-refractivity contribution < 1.29 is 0 Å². The molecule has 0 atom stereocenters. The Morgan fingerprint density at radius 1 is 1.29 bits per heavy atom. The molecule has 0 amide bonds. The van der Waals surface area contributed by atoms with Crippen LogP contribution in [0.15, 0.2) is 10.9 Å². The first-order valence-electron chi connectivity index (χ1n) is 5.28. The van der Waals surface area contributed by atoms with Gasteiger partial charge >= 0.3 is 0 Å². The minimum Gasteiger partial charge on any atom is -0.367 e. The normalized spacial score (nSPS) is 10.5.